The number of nitrogens with one attached hydrogen (secondary N) is 5. The molecule has 0 bridgehead atoms. The Morgan fingerprint density at radius 2 is 1.83 bits per heavy atom. The van der Waals surface area contributed by atoms with E-state index in [4.69, 9.17) is 23.1 Å². The summed E-state index contributed by atoms with van der Waals surface area (Å²) in [5, 5.41) is 13.3. The number of nitrogens with zero attached hydrogens (tertiary/aromatic N) is 2. The van der Waals surface area contributed by atoms with Crippen molar-refractivity contribution in [2.75, 3.05) is 25.5 Å². The van der Waals surface area contributed by atoms with Crippen LogP contribution in [0.1, 0.15) is 36.5 Å². The lowest BCUT2D eigenvalue weighted by Gasteiger charge is -2.31. The lowest BCUT2D eigenvalue weighted by molar-refractivity contribution is -0.136. The van der Waals surface area contributed by atoms with Crippen molar-refractivity contribution in [3.8, 4) is 11.1 Å². The van der Waals surface area contributed by atoms with Gasteiger partial charge in [0.15, 0.2) is 0 Å². The van der Waals surface area contributed by atoms with E-state index in [-0.39, 0.29) is 43.2 Å². The second kappa shape index (κ2) is 19.8. The topological polar surface area (TPSA) is 200 Å². The lowest BCUT2D eigenvalue weighted by atomic mass is 10.0. The summed E-state index contributed by atoms with van der Waals surface area (Å²) in [7, 11) is 1.67. The van der Waals surface area contributed by atoms with E-state index in [9.17, 15) is 19.2 Å². The molecule has 2 heterocycles. The van der Waals surface area contributed by atoms with Gasteiger partial charge in [-0.25, -0.2) is 4.98 Å². The summed E-state index contributed by atoms with van der Waals surface area (Å²) in [5.74, 6) is -0.692. The van der Waals surface area contributed by atoms with Crippen molar-refractivity contribution in [2.45, 2.75) is 67.9 Å². The average molecular weight is 748 g/mol. The van der Waals surface area contributed by atoms with Gasteiger partial charge >= 0.3 is 0 Å². The number of nitrogens with two attached hydrogens (primary N) is 2. The summed E-state index contributed by atoms with van der Waals surface area (Å²) in [6, 6.07) is 16.7. The number of halogens is 1. The van der Waals surface area contributed by atoms with E-state index in [1.807, 2.05) is 50.2 Å². The molecule has 0 spiro atoms. The minimum Gasteiger partial charge on any atom is -0.365 e. The molecule has 276 valence electrons. The molecule has 0 aliphatic rings. The zero-order chi connectivity index (χ0) is 37.6. The summed E-state index contributed by atoms with van der Waals surface area (Å²) in [6.07, 6.45) is 4.52. The number of carbonyl (C=O) groups excluding carboxylic acids is 3. The van der Waals surface area contributed by atoms with Crippen molar-refractivity contribution in [2.24, 2.45) is 11.5 Å². The normalized spacial score (nSPS) is 12.7. The van der Waals surface area contributed by atoms with Gasteiger partial charge < -0.3 is 42.6 Å². The van der Waals surface area contributed by atoms with Crippen LogP contribution in [0.5, 0.6) is 0 Å². The molecule has 0 saturated carbocycles. The van der Waals surface area contributed by atoms with Crippen molar-refractivity contribution in [1.29, 1.82) is 0 Å². The van der Waals surface area contributed by atoms with Gasteiger partial charge in [0.05, 0.1) is 17.2 Å². The first kappa shape index (κ1) is 40.0. The number of anilines is 1. The highest BCUT2D eigenvalue weighted by Crippen LogP contribution is 2.39. The van der Waals surface area contributed by atoms with Crippen LogP contribution in [0, 0.1) is 6.92 Å². The highest BCUT2D eigenvalue weighted by molar-refractivity contribution is 7.99. The first-order valence-corrected chi connectivity index (χ1v) is 18.1. The maximum atomic E-state index is 13.7. The molecule has 13 nitrogen and oxygen atoms in total. The zero-order valence-electron chi connectivity index (χ0n) is 29.4. The Bertz CT molecular complexity index is 1870. The van der Waals surface area contributed by atoms with E-state index in [1.165, 1.54) is 22.7 Å². The van der Waals surface area contributed by atoms with Gasteiger partial charge in [-0.15, -0.1) is 0 Å². The monoisotopic (exact) mass is 747 g/mol. The van der Waals surface area contributed by atoms with Gasteiger partial charge in [-0.05, 0) is 91.4 Å². The fourth-order valence-electron chi connectivity index (χ4n) is 5.42. The quantitative estimate of drug-likeness (QED) is 0.0551. The Labute approximate surface area is 312 Å². The lowest BCUT2D eigenvalue weighted by Crippen LogP contribution is -2.57. The van der Waals surface area contributed by atoms with Crippen LogP contribution in [-0.2, 0) is 27.5 Å². The summed E-state index contributed by atoms with van der Waals surface area (Å²) < 4.78 is 0. The Morgan fingerprint density at radius 3 is 2.52 bits per heavy atom. The molecule has 9 N–H and O–H groups in total. The third-order valence-electron chi connectivity index (χ3n) is 8.50. The van der Waals surface area contributed by atoms with Crippen molar-refractivity contribution in [1.82, 2.24) is 30.8 Å². The van der Waals surface area contributed by atoms with Crippen LogP contribution in [0.4, 0.5) is 5.69 Å². The van der Waals surface area contributed by atoms with Crippen molar-refractivity contribution >= 4 is 47.3 Å². The van der Waals surface area contributed by atoms with Gasteiger partial charge in [-0.2, -0.15) is 0 Å². The van der Waals surface area contributed by atoms with E-state index in [1.54, 1.807) is 37.6 Å². The van der Waals surface area contributed by atoms with E-state index in [0.29, 0.717) is 40.7 Å². The minimum atomic E-state index is -0.940. The number of pyridine rings is 2. The molecule has 2 aromatic carbocycles. The molecule has 0 radical (unpaired) electrons. The number of para-hydroxylation sites is 1. The smallest absolute Gasteiger partial charge is 0.247 e. The maximum Gasteiger partial charge on any atom is 0.247 e. The first-order chi connectivity index (χ1) is 25.1. The molecule has 3 amide bonds. The molecule has 3 atom stereocenters. The van der Waals surface area contributed by atoms with Crippen molar-refractivity contribution in [3.05, 3.63) is 105 Å². The van der Waals surface area contributed by atoms with Crippen LogP contribution in [0.2, 0.25) is 5.02 Å². The third kappa shape index (κ3) is 10.9. The molecule has 4 rings (SSSR count). The Kier molecular flexibility index (Phi) is 15.2. The molecule has 52 heavy (non-hydrogen) atoms. The maximum absolute atomic E-state index is 13.7. The van der Waals surface area contributed by atoms with Crippen LogP contribution >= 0.6 is 23.4 Å². The predicted octanol–water partition coefficient (Wildman–Crippen LogP) is 3.35. The predicted molar refractivity (Wildman–Crippen MR) is 206 cm³/mol. The molecule has 15 heteroatoms. The van der Waals surface area contributed by atoms with Crippen LogP contribution in [0.25, 0.3) is 11.1 Å². The van der Waals surface area contributed by atoms with Crippen LogP contribution in [0.3, 0.4) is 0 Å². The number of benzene rings is 2. The molecular weight excluding hydrogens is 702 g/mol. The second-order valence-electron chi connectivity index (χ2n) is 12.2. The van der Waals surface area contributed by atoms with Gasteiger partial charge in [-0.3, -0.25) is 19.2 Å². The largest absolute Gasteiger partial charge is 0.365 e. The molecule has 4 aromatic rings. The Hall–Kier alpha value is -4.73. The molecule has 0 saturated heterocycles. The van der Waals surface area contributed by atoms with Gasteiger partial charge in [0, 0.05) is 55.7 Å². The number of aryl methyl sites for hydroxylation is 1. The third-order valence-corrected chi connectivity index (χ3v) is 10.2. The van der Waals surface area contributed by atoms with E-state index in [0.717, 1.165) is 33.5 Å². The van der Waals surface area contributed by atoms with E-state index < -0.39 is 12.1 Å². The van der Waals surface area contributed by atoms with Crippen LogP contribution in [-0.4, -0.2) is 71.5 Å². The highest BCUT2D eigenvalue weighted by Gasteiger charge is 2.28. The molecule has 0 aliphatic heterocycles. The number of likely N-dealkylation sites (N-methyl/N-ethyl adjacent to an activating group) is 1. The number of hydrogen-bond acceptors (Lipinski definition) is 10. The summed E-state index contributed by atoms with van der Waals surface area (Å²) >= 11 is 8.18. The standard InChI is InChI=1S/C37H46ClN9O4S/c1-23-8-4-5-10-30(23)45-24(2)47(3)37(51)32(18-40)46-35(50)31(11-6-14-39)43-21-26-9-7-15-42-36(26)52-34-28(19-41-22-48)16-27(17-29(34)38)25-12-13-33(49)44-20-25/h4-5,7-10,12-13,15-17,20,22,24,31-32,43,45H,6,11,14,18-19,21,39-40H2,1-3H3,(H,41,48)(H,44,49)(H,46,50)/t24?,31-,32-/m0/s1. The van der Waals surface area contributed by atoms with Gasteiger partial charge in [-0.1, -0.05) is 47.6 Å². The fourth-order valence-corrected chi connectivity index (χ4v) is 6.77. The summed E-state index contributed by atoms with van der Waals surface area (Å²) in [5.41, 5.74) is 16.6. The first-order valence-electron chi connectivity index (χ1n) is 16.9. The number of H-pyrrole nitrogens is 1. The number of aromatic amines is 1. The second-order valence-corrected chi connectivity index (χ2v) is 13.6. The molecule has 0 fully saturated rings. The highest BCUT2D eigenvalue weighted by atomic mass is 35.5. The fraction of sp³-hybridized carbons (Fsp3) is 0.324. The number of aromatic nitrogens is 2. The molecule has 0 aliphatic carbocycles. The average Bonchev–Trinajstić information content (AvgIpc) is 3.14. The number of hydrogen-bond donors (Lipinski definition) is 7. The van der Waals surface area contributed by atoms with Gasteiger partial charge in [0.25, 0.3) is 0 Å². The van der Waals surface area contributed by atoms with E-state index in [2.05, 4.69) is 31.2 Å². The summed E-state index contributed by atoms with van der Waals surface area (Å²) in [6.45, 7) is 4.63. The minimum absolute atomic E-state index is 0.0813. The molecule has 1 unspecified atom stereocenters. The van der Waals surface area contributed by atoms with Crippen LogP contribution in [0.15, 0.2) is 87.8 Å². The van der Waals surface area contributed by atoms with Crippen molar-refractivity contribution < 1.29 is 14.4 Å². The zero-order valence-corrected chi connectivity index (χ0v) is 31.0. The van der Waals surface area contributed by atoms with Crippen molar-refractivity contribution in [3.63, 3.8) is 0 Å². The van der Waals surface area contributed by atoms with Gasteiger partial charge in [0.1, 0.15) is 11.1 Å². The van der Waals surface area contributed by atoms with Crippen LogP contribution < -0.4 is 38.3 Å². The molecular formula is C37H46ClN9O4S. The Morgan fingerprint density at radius 1 is 1.04 bits per heavy atom. The number of carbonyl (C=O) groups is 3. The summed E-state index contributed by atoms with van der Waals surface area (Å²) in [4.78, 5) is 59.5. The number of amides is 3. The Balaban J connectivity index is 1.49. The molecule has 2 aromatic heterocycles. The van der Waals surface area contributed by atoms with Gasteiger partial charge in [0.2, 0.25) is 23.8 Å². The SMILES string of the molecule is Cc1ccccc1NC(C)N(C)C(=O)[C@H](CN)NC(=O)[C@H](CCCN)NCc1cccnc1Sc1c(Cl)cc(-c2ccc(=O)[nH]c2)cc1CNC=O. The number of rotatable bonds is 19. The van der Waals surface area contributed by atoms with E-state index >= 15 is 0 Å².